The molecule has 39 heavy (non-hydrogen) atoms. The number of carbonyl (C=O) groups excluding carboxylic acids is 1. The number of rotatable bonds is 6. The summed E-state index contributed by atoms with van der Waals surface area (Å²) in [7, 11) is -3.66. The Balaban J connectivity index is 1.19. The number of ketones is 1. The lowest BCUT2D eigenvalue weighted by atomic mass is 9.68. The summed E-state index contributed by atoms with van der Waals surface area (Å²) in [6.07, 6.45) is 2.45. The van der Waals surface area contributed by atoms with Gasteiger partial charge < -0.3 is 4.90 Å². The van der Waals surface area contributed by atoms with Crippen molar-refractivity contribution in [1.29, 1.82) is 0 Å². The molecule has 0 bridgehead atoms. The number of sulfonamides is 1. The van der Waals surface area contributed by atoms with E-state index in [2.05, 4.69) is 26.6 Å². The van der Waals surface area contributed by atoms with Gasteiger partial charge in [0.1, 0.15) is 11.5 Å². The molecule has 1 saturated heterocycles. The molecule has 4 aromatic rings. The first-order valence-electron chi connectivity index (χ1n) is 12.9. The summed E-state index contributed by atoms with van der Waals surface area (Å²) < 4.78 is 37.2. The van der Waals surface area contributed by atoms with Gasteiger partial charge in [0, 0.05) is 61.0 Å². The Morgan fingerprint density at radius 3 is 2.41 bits per heavy atom. The fourth-order valence-electron chi connectivity index (χ4n) is 5.59. The average Bonchev–Trinajstić information content (AvgIpc) is 3.68. The van der Waals surface area contributed by atoms with Crippen LogP contribution in [-0.2, 0) is 20.2 Å². The van der Waals surface area contributed by atoms with Crippen molar-refractivity contribution in [1.82, 2.24) is 23.2 Å². The lowest BCUT2D eigenvalue weighted by molar-refractivity contribution is -0.121. The van der Waals surface area contributed by atoms with Crippen LogP contribution in [0.25, 0.3) is 11.3 Å². The molecule has 3 heterocycles. The molecule has 6 rings (SSSR count). The lowest BCUT2D eigenvalue weighted by Gasteiger charge is -2.38. The van der Waals surface area contributed by atoms with Crippen LogP contribution in [0.1, 0.15) is 44.0 Å². The van der Waals surface area contributed by atoms with Gasteiger partial charge in [0.25, 0.3) is 0 Å². The van der Waals surface area contributed by atoms with Gasteiger partial charge in [-0.25, -0.2) is 13.4 Å². The van der Waals surface area contributed by atoms with Crippen molar-refractivity contribution in [2.45, 2.75) is 49.0 Å². The summed E-state index contributed by atoms with van der Waals surface area (Å²) >= 11 is 2.61. The normalized spacial score (nSPS) is 20.3. The van der Waals surface area contributed by atoms with Crippen molar-refractivity contribution in [2.24, 2.45) is 0 Å². The molecule has 2 aromatic carbocycles. The molecule has 1 aliphatic heterocycles. The van der Waals surface area contributed by atoms with Crippen LogP contribution < -0.4 is 4.90 Å². The van der Waals surface area contributed by atoms with Gasteiger partial charge in [-0.05, 0) is 49.0 Å². The van der Waals surface area contributed by atoms with E-state index in [1.807, 2.05) is 30.5 Å². The second-order valence-corrected chi connectivity index (χ2v) is 13.3. The summed E-state index contributed by atoms with van der Waals surface area (Å²) in [4.78, 5) is 19.5. The summed E-state index contributed by atoms with van der Waals surface area (Å²) in [6, 6.07) is 16.8. The highest BCUT2D eigenvalue weighted by Crippen LogP contribution is 2.44. The predicted molar refractivity (Wildman–Crippen MR) is 152 cm³/mol. The van der Waals surface area contributed by atoms with Crippen LogP contribution in [0.2, 0.25) is 0 Å². The number of aromatic nitrogens is 4. The van der Waals surface area contributed by atoms with E-state index in [0.717, 1.165) is 27.8 Å². The van der Waals surface area contributed by atoms with Crippen molar-refractivity contribution in [3.05, 3.63) is 71.4 Å². The smallest absolute Gasteiger partial charge is 0.243 e. The Hall–Kier alpha value is -3.06. The molecule has 1 atom stereocenters. The Bertz CT molecular complexity index is 1550. The van der Waals surface area contributed by atoms with E-state index in [9.17, 15) is 13.2 Å². The van der Waals surface area contributed by atoms with Crippen molar-refractivity contribution >= 4 is 44.0 Å². The van der Waals surface area contributed by atoms with Crippen LogP contribution in [0.15, 0.2) is 64.9 Å². The third kappa shape index (κ3) is 4.90. The first-order valence-corrected chi connectivity index (χ1v) is 16.0. The number of Topliss-reactive ketones (excluding diaryl/α,β-unsaturated/α-hetero) is 1. The molecule has 0 spiro atoms. The van der Waals surface area contributed by atoms with Crippen LogP contribution in [0, 0.1) is 0 Å². The van der Waals surface area contributed by atoms with Gasteiger partial charge >= 0.3 is 0 Å². The van der Waals surface area contributed by atoms with E-state index < -0.39 is 10.0 Å². The van der Waals surface area contributed by atoms with E-state index in [1.54, 1.807) is 28.6 Å². The Morgan fingerprint density at radius 2 is 1.74 bits per heavy atom. The maximum atomic E-state index is 13.5. The summed E-state index contributed by atoms with van der Waals surface area (Å²) in [5.74, 6) is 1.05. The molecule has 0 N–H and O–H groups in total. The van der Waals surface area contributed by atoms with Crippen LogP contribution in [0.4, 0.5) is 5.13 Å². The van der Waals surface area contributed by atoms with Gasteiger partial charge in [0.2, 0.25) is 15.2 Å². The van der Waals surface area contributed by atoms with Gasteiger partial charge in [-0.1, -0.05) is 47.0 Å². The summed E-state index contributed by atoms with van der Waals surface area (Å²) in [5.41, 5.74) is 2.34. The first kappa shape index (κ1) is 26.2. The standard InChI is InChI=1S/C27H28N6O3S3/c1-19-17-32(15-16-33(19)39(35,36)23-9-7-20(8-10-23)24-18-37-31-29-24)26-28-25(30-38-26)27(13-11-22(34)12-14-27)21-5-3-2-4-6-21/h2-10,18-19H,11-17H2,1H3. The topological polar surface area (TPSA) is 109 Å². The SMILES string of the molecule is CC1CN(c2nc(C3(c4ccccc4)CCC(=O)CC3)ns2)CCN1S(=O)(=O)c1ccc(-c2csnn2)cc1. The number of carbonyl (C=O) groups is 1. The average molecular weight is 581 g/mol. The van der Waals surface area contributed by atoms with Crippen molar-refractivity contribution in [3.8, 4) is 11.3 Å². The third-order valence-electron chi connectivity index (χ3n) is 7.78. The van der Waals surface area contributed by atoms with Crippen LogP contribution in [0.5, 0.6) is 0 Å². The number of hydrogen-bond donors (Lipinski definition) is 0. The van der Waals surface area contributed by atoms with Crippen molar-refractivity contribution in [2.75, 3.05) is 24.5 Å². The molecule has 0 amide bonds. The summed E-state index contributed by atoms with van der Waals surface area (Å²) in [6.45, 7) is 3.33. The molecule has 1 unspecified atom stereocenters. The van der Waals surface area contributed by atoms with Gasteiger partial charge in [0.15, 0.2) is 5.82 Å². The van der Waals surface area contributed by atoms with Crippen LogP contribution in [0.3, 0.4) is 0 Å². The lowest BCUT2D eigenvalue weighted by Crippen LogP contribution is -2.54. The second kappa shape index (κ2) is 10.5. The highest BCUT2D eigenvalue weighted by Gasteiger charge is 2.42. The Labute approximate surface area is 235 Å². The quantitative estimate of drug-likeness (QED) is 0.331. The van der Waals surface area contributed by atoms with E-state index in [-0.39, 0.29) is 22.1 Å². The number of hydrogen-bond acceptors (Lipinski definition) is 10. The Morgan fingerprint density at radius 1 is 1.00 bits per heavy atom. The molecule has 1 saturated carbocycles. The molecule has 2 aliphatic rings. The molecule has 12 heteroatoms. The van der Waals surface area contributed by atoms with E-state index in [4.69, 9.17) is 9.36 Å². The Kier molecular flexibility index (Phi) is 7.04. The predicted octanol–water partition coefficient (Wildman–Crippen LogP) is 4.39. The highest BCUT2D eigenvalue weighted by atomic mass is 32.2. The largest absolute Gasteiger partial charge is 0.344 e. The van der Waals surface area contributed by atoms with Crippen LogP contribution in [-0.4, -0.2) is 63.1 Å². The summed E-state index contributed by atoms with van der Waals surface area (Å²) in [5, 5.41) is 6.68. The minimum atomic E-state index is -3.66. The van der Waals surface area contributed by atoms with Crippen LogP contribution >= 0.6 is 23.1 Å². The number of anilines is 1. The van der Waals surface area contributed by atoms with E-state index in [1.165, 1.54) is 23.1 Å². The zero-order valence-electron chi connectivity index (χ0n) is 21.4. The van der Waals surface area contributed by atoms with Crippen molar-refractivity contribution < 1.29 is 13.2 Å². The maximum absolute atomic E-state index is 13.5. The first-order chi connectivity index (χ1) is 18.9. The molecule has 9 nitrogen and oxygen atoms in total. The number of nitrogens with zero attached hydrogens (tertiary/aromatic N) is 6. The number of benzene rings is 2. The van der Waals surface area contributed by atoms with Gasteiger partial charge in [-0.2, -0.15) is 8.68 Å². The van der Waals surface area contributed by atoms with Gasteiger partial charge in [0.05, 0.1) is 10.3 Å². The minimum absolute atomic E-state index is 0.242. The van der Waals surface area contributed by atoms with Gasteiger partial charge in [-0.15, -0.1) is 5.10 Å². The van der Waals surface area contributed by atoms with Crippen molar-refractivity contribution in [3.63, 3.8) is 0 Å². The molecular formula is C27H28N6O3S3. The third-order valence-corrected chi connectivity index (χ3v) is 11.1. The highest BCUT2D eigenvalue weighted by molar-refractivity contribution is 7.89. The minimum Gasteiger partial charge on any atom is -0.344 e. The fourth-order valence-corrected chi connectivity index (χ4v) is 8.46. The zero-order chi connectivity index (χ0) is 27.0. The molecule has 1 aliphatic carbocycles. The fraction of sp³-hybridized carbons (Fsp3) is 0.370. The molecule has 2 aromatic heterocycles. The molecular weight excluding hydrogens is 553 g/mol. The second-order valence-electron chi connectivity index (χ2n) is 10.1. The molecule has 202 valence electrons. The van der Waals surface area contributed by atoms with Gasteiger partial charge in [-0.3, -0.25) is 4.79 Å². The number of piperazine rings is 1. The monoisotopic (exact) mass is 580 g/mol. The molecule has 0 radical (unpaired) electrons. The maximum Gasteiger partial charge on any atom is 0.243 e. The zero-order valence-corrected chi connectivity index (χ0v) is 23.9. The van der Waals surface area contributed by atoms with E-state index in [0.29, 0.717) is 45.3 Å². The molecule has 2 fully saturated rings. The van der Waals surface area contributed by atoms with E-state index >= 15 is 0 Å².